The zero-order valence-electron chi connectivity index (χ0n) is 13.1. The molecule has 0 saturated heterocycles. The monoisotopic (exact) mass is 384 g/mol. The Morgan fingerprint density at radius 2 is 1.88 bits per heavy atom. The molecule has 2 atom stereocenters. The number of nitrogens with one attached hydrogen (secondary N) is 1. The van der Waals surface area contributed by atoms with Gasteiger partial charge in [-0.15, -0.1) is 0 Å². The first-order valence-electron chi connectivity index (χ1n) is 7.68. The van der Waals surface area contributed by atoms with Crippen LogP contribution in [0.25, 0.3) is 11.0 Å². The van der Waals surface area contributed by atoms with Gasteiger partial charge in [0.15, 0.2) is 5.75 Å². The van der Waals surface area contributed by atoms with E-state index in [1.54, 1.807) is 42.5 Å². The van der Waals surface area contributed by atoms with Gasteiger partial charge in [-0.25, -0.2) is 4.79 Å². The predicted molar refractivity (Wildman–Crippen MR) is 98.2 cm³/mol. The highest BCUT2D eigenvalue weighted by atomic mass is 35.5. The van der Waals surface area contributed by atoms with Crippen LogP contribution in [0.3, 0.4) is 0 Å². The highest BCUT2D eigenvalue weighted by molar-refractivity contribution is 6.42. The number of para-hydroxylation sites is 1. The Balaban J connectivity index is 2.06. The summed E-state index contributed by atoms with van der Waals surface area (Å²) in [6, 6.07) is 13.8. The summed E-state index contributed by atoms with van der Waals surface area (Å²) in [5.41, 5.74) is 0.530. The highest BCUT2D eigenvalue weighted by Crippen LogP contribution is 2.44. The van der Waals surface area contributed by atoms with Crippen molar-refractivity contribution in [1.29, 1.82) is 10.7 Å². The maximum absolute atomic E-state index is 12.7. The van der Waals surface area contributed by atoms with Gasteiger partial charge in [-0.1, -0.05) is 41.4 Å². The Bertz CT molecular complexity index is 1160. The van der Waals surface area contributed by atoms with Crippen molar-refractivity contribution >= 4 is 40.1 Å². The molecule has 0 radical (unpaired) electrons. The number of hydrogen-bond acceptors (Lipinski definition) is 5. The number of benzene rings is 2. The van der Waals surface area contributed by atoms with Gasteiger partial charge in [0.25, 0.3) is 0 Å². The van der Waals surface area contributed by atoms with E-state index in [1.165, 1.54) is 0 Å². The zero-order valence-corrected chi connectivity index (χ0v) is 14.6. The number of ether oxygens (including phenoxy) is 1. The molecule has 5 nitrogen and oxygen atoms in total. The number of fused-ring (bicyclic) bond motifs is 3. The molecule has 4 rings (SSSR count). The van der Waals surface area contributed by atoms with Crippen LogP contribution < -0.4 is 10.4 Å². The summed E-state index contributed by atoms with van der Waals surface area (Å²) in [6.45, 7) is 0. The summed E-state index contributed by atoms with van der Waals surface area (Å²) in [4.78, 5) is 12.7. The van der Waals surface area contributed by atoms with E-state index in [2.05, 4.69) is 0 Å². The molecule has 7 heteroatoms. The van der Waals surface area contributed by atoms with Gasteiger partial charge in [0.2, 0.25) is 5.90 Å². The molecule has 0 fully saturated rings. The molecule has 2 heterocycles. The van der Waals surface area contributed by atoms with Crippen molar-refractivity contribution in [3.8, 4) is 11.8 Å². The van der Waals surface area contributed by atoms with Crippen LogP contribution in [-0.2, 0) is 0 Å². The largest absolute Gasteiger partial charge is 0.441 e. The summed E-state index contributed by atoms with van der Waals surface area (Å²) >= 11 is 12.1. The number of nitriles is 1. The van der Waals surface area contributed by atoms with Crippen molar-refractivity contribution in [2.75, 3.05) is 0 Å². The molecule has 3 aromatic rings. The highest BCUT2D eigenvalue weighted by Gasteiger charge is 2.40. The number of nitrogens with zero attached hydrogens (tertiary/aromatic N) is 1. The van der Waals surface area contributed by atoms with Crippen LogP contribution in [0.4, 0.5) is 0 Å². The van der Waals surface area contributed by atoms with Crippen LogP contribution in [0.2, 0.25) is 10.0 Å². The van der Waals surface area contributed by atoms with E-state index in [4.69, 9.17) is 37.8 Å². The second kappa shape index (κ2) is 6.17. The van der Waals surface area contributed by atoms with E-state index in [9.17, 15) is 10.1 Å². The Hall–Kier alpha value is -2.81. The van der Waals surface area contributed by atoms with E-state index in [-0.39, 0.29) is 17.2 Å². The van der Waals surface area contributed by atoms with E-state index in [1.807, 2.05) is 6.07 Å². The van der Waals surface area contributed by atoms with E-state index < -0.39 is 17.5 Å². The van der Waals surface area contributed by atoms with Crippen LogP contribution in [-0.4, -0.2) is 5.90 Å². The number of hydrogen-bond donors (Lipinski definition) is 1. The number of rotatable bonds is 1. The minimum atomic E-state index is -0.983. The lowest BCUT2D eigenvalue weighted by molar-refractivity contribution is 0.431. The molecule has 0 saturated carbocycles. The van der Waals surface area contributed by atoms with Crippen LogP contribution in [0.15, 0.2) is 51.7 Å². The lowest BCUT2D eigenvalue weighted by Crippen LogP contribution is -2.34. The quantitative estimate of drug-likeness (QED) is 0.613. The summed E-state index contributed by atoms with van der Waals surface area (Å²) < 4.78 is 11.0. The second-order valence-corrected chi connectivity index (χ2v) is 6.67. The smallest absolute Gasteiger partial charge is 0.343 e. The first-order valence-corrected chi connectivity index (χ1v) is 8.43. The molecular formula is C19H10Cl2N2O3. The SMILES string of the molecule is N#CC1C(=N)Oc2c(c(=O)oc3ccccc23)C1c1ccc(Cl)c(Cl)c1. The van der Waals surface area contributed by atoms with Gasteiger partial charge in [0, 0.05) is 5.92 Å². The summed E-state index contributed by atoms with van der Waals surface area (Å²) in [5.74, 6) is -1.72. The fraction of sp³-hybridized carbons (Fsp3) is 0.105. The molecule has 0 spiro atoms. The first-order chi connectivity index (χ1) is 12.5. The standard InChI is InChI=1S/C19H10Cl2N2O3/c20-12-6-5-9(7-13(12)21)15-11(8-22)18(23)26-17-10-3-1-2-4-14(10)25-19(24)16(15)17/h1-7,11,15,23H. The molecule has 2 unspecified atom stereocenters. The summed E-state index contributed by atoms with van der Waals surface area (Å²) in [7, 11) is 0. The van der Waals surface area contributed by atoms with E-state index >= 15 is 0 Å². The molecule has 1 aliphatic rings. The molecule has 2 aromatic carbocycles. The lowest BCUT2D eigenvalue weighted by atomic mass is 9.79. The van der Waals surface area contributed by atoms with Crippen LogP contribution in [0.1, 0.15) is 17.0 Å². The molecule has 128 valence electrons. The number of halogens is 2. The van der Waals surface area contributed by atoms with Gasteiger partial charge in [-0.2, -0.15) is 5.26 Å². The molecule has 0 aliphatic carbocycles. The predicted octanol–water partition coefficient (Wildman–Crippen LogP) is 4.74. The molecule has 1 N–H and O–H groups in total. The van der Waals surface area contributed by atoms with Gasteiger partial charge in [-0.3, -0.25) is 5.41 Å². The fourth-order valence-electron chi connectivity index (χ4n) is 3.20. The Morgan fingerprint density at radius 1 is 1.12 bits per heavy atom. The normalized spacial score (nSPS) is 18.9. The third-order valence-electron chi connectivity index (χ3n) is 4.38. The maximum atomic E-state index is 12.7. The minimum Gasteiger partial charge on any atom is -0.441 e. The fourth-order valence-corrected chi connectivity index (χ4v) is 3.51. The average Bonchev–Trinajstić information content (AvgIpc) is 2.63. The molecule has 1 aliphatic heterocycles. The maximum Gasteiger partial charge on any atom is 0.343 e. The molecule has 0 bridgehead atoms. The van der Waals surface area contributed by atoms with Crippen LogP contribution in [0.5, 0.6) is 5.75 Å². The molecule has 26 heavy (non-hydrogen) atoms. The Labute approximate surface area is 157 Å². The topological polar surface area (TPSA) is 87.1 Å². The summed E-state index contributed by atoms with van der Waals surface area (Å²) in [6.07, 6.45) is 0. The lowest BCUT2D eigenvalue weighted by Gasteiger charge is -2.29. The summed E-state index contributed by atoms with van der Waals surface area (Å²) in [5, 5.41) is 19.0. The first kappa shape index (κ1) is 16.6. The minimum absolute atomic E-state index is 0.199. The second-order valence-electron chi connectivity index (χ2n) is 5.85. The van der Waals surface area contributed by atoms with Crippen molar-refractivity contribution in [3.63, 3.8) is 0 Å². The molecule has 1 aromatic heterocycles. The van der Waals surface area contributed by atoms with Crippen LogP contribution in [0, 0.1) is 22.7 Å². The van der Waals surface area contributed by atoms with E-state index in [0.29, 0.717) is 26.6 Å². The zero-order chi connectivity index (χ0) is 18.4. The van der Waals surface area contributed by atoms with Gasteiger partial charge in [0.05, 0.1) is 27.1 Å². The van der Waals surface area contributed by atoms with Crippen molar-refractivity contribution in [2.24, 2.45) is 5.92 Å². The van der Waals surface area contributed by atoms with Crippen LogP contribution >= 0.6 is 23.2 Å². The van der Waals surface area contributed by atoms with Crippen molar-refractivity contribution in [3.05, 3.63) is 74.1 Å². The molecule has 0 amide bonds. The van der Waals surface area contributed by atoms with Gasteiger partial charge in [0.1, 0.15) is 11.5 Å². The third-order valence-corrected chi connectivity index (χ3v) is 5.12. The Morgan fingerprint density at radius 3 is 2.62 bits per heavy atom. The third kappa shape index (κ3) is 2.47. The van der Waals surface area contributed by atoms with Gasteiger partial charge < -0.3 is 9.15 Å². The van der Waals surface area contributed by atoms with Crippen molar-refractivity contribution in [1.82, 2.24) is 0 Å². The Kier molecular flexibility index (Phi) is 3.95. The van der Waals surface area contributed by atoms with Crippen molar-refractivity contribution < 1.29 is 9.15 Å². The van der Waals surface area contributed by atoms with Gasteiger partial charge >= 0.3 is 5.63 Å². The molecular weight excluding hydrogens is 375 g/mol. The van der Waals surface area contributed by atoms with E-state index in [0.717, 1.165) is 0 Å². The average molecular weight is 385 g/mol. The van der Waals surface area contributed by atoms with Gasteiger partial charge in [-0.05, 0) is 29.8 Å². The van der Waals surface area contributed by atoms with Crippen molar-refractivity contribution in [2.45, 2.75) is 5.92 Å².